The maximum Gasteiger partial charge on any atom is 0.0958 e. The molecule has 0 unspecified atom stereocenters. The standard InChI is InChI=1S/C26H28N2O/c1-25-17-28-18-27-24(19-10-5-3-6-11-19)22(28)16-21(25)14-9-15-23(25)26(2,29)20-12-7-4-8-13-20/h3-8,10-13,16,18,23,29H,9,14-15,17H2,1-2H3/t23-,25-,26+/m0/s1. The van der Waals surface area contributed by atoms with E-state index in [2.05, 4.69) is 54.0 Å². The lowest BCUT2D eigenvalue weighted by Crippen LogP contribution is -2.48. The highest BCUT2D eigenvalue weighted by Crippen LogP contribution is 2.55. The molecule has 1 saturated carbocycles. The number of benzene rings is 2. The number of imidazole rings is 1. The van der Waals surface area contributed by atoms with Crippen LogP contribution in [0.5, 0.6) is 0 Å². The van der Waals surface area contributed by atoms with Crippen LogP contribution in [0.4, 0.5) is 0 Å². The van der Waals surface area contributed by atoms with Gasteiger partial charge in [0.2, 0.25) is 0 Å². The summed E-state index contributed by atoms with van der Waals surface area (Å²) >= 11 is 0. The van der Waals surface area contributed by atoms with Crippen LogP contribution in [0.1, 0.15) is 44.4 Å². The lowest BCUT2D eigenvalue weighted by Gasteiger charge is -2.51. The summed E-state index contributed by atoms with van der Waals surface area (Å²) in [5, 5.41) is 11.7. The summed E-state index contributed by atoms with van der Waals surface area (Å²) in [4.78, 5) is 4.76. The maximum atomic E-state index is 11.7. The Morgan fingerprint density at radius 3 is 2.48 bits per heavy atom. The van der Waals surface area contributed by atoms with Gasteiger partial charge in [0.25, 0.3) is 0 Å². The monoisotopic (exact) mass is 384 g/mol. The van der Waals surface area contributed by atoms with Crippen molar-refractivity contribution in [3.8, 4) is 11.3 Å². The summed E-state index contributed by atoms with van der Waals surface area (Å²) in [7, 11) is 0. The zero-order valence-electron chi connectivity index (χ0n) is 17.2. The van der Waals surface area contributed by atoms with Crippen LogP contribution in [0.15, 0.2) is 72.6 Å². The van der Waals surface area contributed by atoms with Crippen LogP contribution in [0.2, 0.25) is 0 Å². The van der Waals surface area contributed by atoms with Gasteiger partial charge >= 0.3 is 0 Å². The second kappa shape index (κ2) is 6.70. The minimum absolute atomic E-state index is 0.0841. The van der Waals surface area contributed by atoms with E-state index in [-0.39, 0.29) is 11.3 Å². The fourth-order valence-electron chi connectivity index (χ4n) is 5.66. The molecule has 3 atom stereocenters. The van der Waals surface area contributed by atoms with Gasteiger partial charge in [0, 0.05) is 23.4 Å². The molecule has 0 radical (unpaired) electrons. The van der Waals surface area contributed by atoms with Crippen molar-refractivity contribution in [2.75, 3.05) is 0 Å². The van der Waals surface area contributed by atoms with Crippen LogP contribution in [0, 0.1) is 11.3 Å². The molecule has 2 aliphatic rings. The first-order chi connectivity index (χ1) is 14.0. The highest BCUT2D eigenvalue weighted by atomic mass is 16.3. The number of aliphatic hydroxyl groups is 1. The number of hydrogen-bond donors (Lipinski definition) is 1. The minimum atomic E-state index is -0.865. The lowest BCUT2D eigenvalue weighted by atomic mass is 9.57. The Bertz CT molecular complexity index is 1050. The van der Waals surface area contributed by atoms with Gasteiger partial charge in [-0.15, -0.1) is 0 Å². The quantitative estimate of drug-likeness (QED) is 0.632. The molecular formula is C26H28N2O. The van der Waals surface area contributed by atoms with Gasteiger partial charge in [0.15, 0.2) is 0 Å². The first-order valence-corrected chi connectivity index (χ1v) is 10.6. The second-order valence-electron chi connectivity index (χ2n) is 9.02. The van der Waals surface area contributed by atoms with Crippen LogP contribution in [-0.4, -0.2) is 14.7 Å². The Balaban J connectivity index is 1.57. The Labute approximate surface area is 172 Å². The Morgan fingerprint density at radius 2 is 1.76 bits per heavy atom. The molecule has 1 fully saturated rings. The van der Waals surface area contributed by atoms with Crippen LogP contribution < -0.4 is 0 Å². The van der Waals surface area contributed by atoms with Crippen LogP contribution >= 0.6 is 0 Å². The van der Waals surface area contributed by atoms with Gasteiger partial charge in [0.1, 0.15) is 0 Å². The van der Waals surface area contributed by atoms with E-state index < -0.39 is 5.60 Å². The second-order valence-corrected chi connectivity index (χ2v) is 9.02. The van der Waals surface area contributed by atoms with Crippen molar-refractivity contribution in [2.45, 2.75) is 45.3 Å². The Morgan fingerprint density at radius 1 is 1.07 bits per heavy atom. The van der Waals surface area contributed by atoms with E-state index in [4.69, 9.17) is 4.98 Å². The maximum absolute atomic E-state index is 11.7. The molecule has 3 heteroatoms. The summed E-state index contributed by atoms with van der Waals surface area (Å²) in [5.41, 5.74) is 4.92. The zero-order valence-corrected chi connectivity index (χ0v) is 17.2. The van der Waals surface area contributed by atoms with Gasteiger partial charge in [-0.3, -0.25) is 0 Å². The van der Waals surface area contributed by atoms with Gasteiger partial charge in [-0.25, -0.2) is 4.98 Å². The summed E-state index contributed by atoms with van der Waals surface area (Å²) in [6.45, 7) is 5.20. The number of allylic oxidation sites excluding steroid dienone is 1. The van der Waals surface area contributed by atoms with Gasteiger partial charge in [-0.2, -0.15) is 0 Å². The van der Waals surface area contributed by atoms with Crippen molar-refractivity contribution in [1.29, 1.82) is 0 Å². The third-order valence-corrected chi connectivity index (χ3v) is 7.21. The molecule has 0 bridgehead atoms. The molecule has 1 N–H and O–H groups in total. The predicted octanol–water partition coefficient (Wildman–Crippen LogP) is 5.66. The van der Waals surface area contributed by atoms with Crippen molar-refractivity contribution in [3.63, 3.8) is 0 Å². The van der Waals surface area contributed by atoms with E-state index >= 15 is 0 Å². The van der Waals surface area contributed by atoms with E-state index in [1.165, 1.54) is 11.3 Å². The van der Waals surface area contributed by atoms with Gasteiger partial charge in [-0.05, 0) is 37.8 Å². The van der Waals surface area contributed by atoms with Crippen molar-refractivity contribution in [1.82, 2.24) is 9.55 Å². The van der Waals surface area contributed by atoms with Crippen molar-refractivity contribution in [2.24, 2.45) is 11.3 Å². The molecule has 3 aromatic rings. The fourth-order valence-corrected chi connectivity index (χ4v) is 5.66. The van der Waals surface area contributed by atoms with Crippen LogP contribution in [-0.2, 0) is 12.1 Å². The molecule has 1 aliphatic carbocycles. The first-order valence-electron chi connectivity index (χ1n) is 10.6. The molecule has 0 spiro atoms. The van der Waals surface area contributed by atoms with Crippen molar-refractivity contribution >= 4 is 6.08 Å². The van der Waals surface area contributed by atoms with E-state index in [0.717, 1.165) is 42.6 Å². The Kier molecular flexibility index (Phi) is 4.25. The van der Waals surface area contributed by atoms with Gasteiger partial charge in [0.05, 0.1) is 23.3 Å². The molecule has 2 aromatic carbocycles. The normalized spacial score (nSPS) is 25.5. The largest absolute Gasteiger partial charge is 0.385 e. The average Bonchev–Trinajstić information content (AvgIpc) is 3.14. The first kappa shape index (κ1) is 18.4. The molecule has 1 aliphatic heterocycles. The van der Waals surface area contributed by atoms with Crippen LogP contribution in [0.25, 0.3) is 17.3 Å². The van der Waals surface area contributed by atoms with Crippen molar-refractivity contribution < 1.29 is 5.11 Å². The van der Waals surface area contributed by atoms with Gasteiger partial charge < -0.3 is 9.67 Å². The molecule has 5 rings (SSSR count). The van der Waals surface area contributed by atoms with E-state index in [0.29, 0.717) is 0 Å². The van der Waals surface area contributed by atoms with Gasteiger partial charge in [-0.1, -0.05) is 73.2 Å². The predicted molar refractivity (Wildman–Crippen MR) is 117 cm³/mol. The molecule has 1 aromatic heterocycles. The highest BCUT2D eigenvalue weighted by Gasteiger charge is 2.51. The summed E-state index contributed by atoms with van der Waals surface area (Å²) in [6.07, 6.45) is 7.57. The SMILES string of the molecule is C[C@]12Cn3cnc(-c4ccccc4)c3C=C1CCC[C@@H]2[C@](C)(O)c1ccccc1. The summed E-state index contributed by atoms with van der Waals surface area (Å²) < 4.78 is 2.28. The molecule has 148 valence electrons. The van der Waals surface area contributed by atoms with E-state index in [1.54, 1.807) is 0 Å². The minimum Gasteiger partial charge on any atom is -0.385 e. The average molecular weight is 385 g/mol. The number of rotatable bonds is 3. The highest BCUT2D eigenvalue weighted by molar-refractivity contribution is 5.72. The topological polar surface area (TPSA) is 38.0 Å². The molecule has 0 amide bonds. The third kappa shape index (κ3) is 2.87. The van der Waals surface area contributed by atoms with Crippen molar-refractivity contribution in [3.05, 3.63) is 83.8 Å². The van der Waals surface area contributed by atoms with Crippen LogP contribution in [0.3, 0.4) is 0 Å². The molecule has 3 nitrogen and oxygen atoms in total. The van der Waals surface area contributed by atoms with E-state index in [9.17, 15) is 5.11 Å². The number of nitrogens with zero attached hydrogens (tertiary/aromatic N) is 2. The number of fused-ring (bicyclic) bond motifs is 2. The Hall–Kier alpha value is -2.65. The molecule has 2 heterocycles. The zero-order chi connectivity index (χ0) is 20.1. The summed E-state index contributed by atoms with van der Waals surface area (Å²) in [6, 6.07) is 20.6. The molecule has 29 heavy (non-hydrogen) atoms. The molecule has 0 saturated heterocycles. The third-order valence-electron chi connectivity index (χ3n) is 7.21. The van der Waals surface area contributed by atoms with E-state index in [1.807, 2.05) is 37.5 Å². The number of hydrogen-bond acceptors (Lipinski definition) is 2. The molecular weight excluding hydrogens is 356 g/mol. The smallest absolute Gasteiger partial charge is 0.0958 e. The number of aromatic nitrogens is 2. The fraction of sp³-hybridized carbons (Fsp3) is 0.346. The lowest BCUT2D eigenvalue weighted by molar-refractivity contribution is -0.0713. The summed E-state index contributed by atoms with van der Waals surface area (Å²) in [5.74, 6) is 0.160.